The first kappa shape index (κ1) is 14.1. The van der Waals surface area contributed by atoms with Gasteiger partial charge in [-0.3, -0.25) is 0 Å². The summed E-state index contributed by atoms with van der Waals surface area (Å²) in [6.45, 7) is 4.93. The van der Waals surface area contributed by atoms with Gasteiger partial charge in [0, 0.05) is 24.1 Å². The van der Waals surface area contributed by atoms with Crippen molar-refractivity contribution in [1.29, 1.82) is 0 Å². The van der Waals surface area contributed by atoms with Crippen LogP contribution in [0.2, 0.25) is 0 Å². The Morgan fingerprint density at radius 3 is 2.94 bits per heavy atom. The van der Waals surface area contributed by atoms with Crippen molar-refractivity contribution in [3.8, 4) is 5.88 Å². The number of rotatable bonds is 8. The molecule has 0 spiro atoms. The molecule has 17 heavy (non-hydrogen) atoms. The molecule has 0 aromatic carbocycles. The first-order chi connectivity index (χ1) is 8.30. The lowest BCUT2D eigenvalue weighted by atomic mass is 10.3. The standard InChI is InChI=1S/C12H21N3OS/c1-4-8-16-11-6-7-13-12(15-11)14-10(5-2)9-17-3/h6-7,10H,4-5,8-9H2,1-3H3,(H,13,14,15). The number of hydrogen-bond donors (Lipinski definition) is 1. The van der Waals surface area contributed by atoms with E-state index in [4.69, 9.17) is 4.74 Å². The highest BCUT2D eigenvalue weighted by Gasteiger charge is 2.07. The molecule has 1 heterocycles. The minimum Gasteiger partial charge on any atom is -0.478 e. The number of thioether (sulfide) groups is 1. The van der Waals surface area contributed by atoms with Gasteiger partial charge in [0.15, 0.2) is 0 Å². The molecule has 0 bridgehead atoms. The van der Waals surface area contributed by atoms with Crippen molar-refractivity contribution in [2.24, 2.45) is 0 Å². The molecular weight excluding hydrogens is 234 g/mol. The Hall–Kier alpha value is -0.970. The molecule has 1 unspecified atom stereocenters. The van der Waals surface area contributed by atoms with Crippen LogP contribution in [0.3, 0.4) is 0 Å². The molecule has 4 nitrogen and oxygen atoms in total. The summed E-state index contributed by atoms with van der Waals surface area (Å²) in [5, 5.41) is 3.32. The number of nitrogens with zero attached hydrogens (tertiary/aromatic N) is 2. The summed E-state index contributed by atoms with van der Waals surface area (Å²) in [5.41, 5.74) is 0. The van der Waals surface area contributed by atoms with E-state index in [1.54, 1.807) is 12.3 Å². The van der Waals surface area contributed by atoms with Crippen LogP contribution in [0.1, 0.15) is 26.7 Å². The van der Waals surface area contributed by atoms with Gasteiger partial charge < -0.3 is 10.1 Å². The van der Waals surface area contributed by atoms with Crippen molar-refractivity contribution in [2.45, 2.75) is 32.7 Å². The highest BCUT2D eigenvalue weighted by atomic mass is 32.2. The number of hydrogen-bond acceptors (Lipinski definition) is 5. The summed E-state index contributed by atoms with van der Waals surface area (Å²) in [7, 11) is 0. The van der Waals surface area contributed by atoms with Gasteiger partial charge in [0.1, 0.15) is 0 Å². The lowest BCUT2D eigenvalue weighted by Crippen LogP contribution is -2.22. The van der Waals surface area contributed by atoms with Crippen LogP contribution in [0.25, 0.3) is 0 Å². The molecule has 1 aromatic heterocycles. The van der Waals surface area contributed by atoms with Gasteiger partial charge in [-0.2, -0.15) is 16.7 Å². The van der Waals surface area contributed by atoms with Gasteiger partial charge in [-0.1, -0.05) is 13.8 Å². The molecule has 0 amide bonds. The van der Waals surface area contributed by atoms with Crippen LogP contribution in [-0.4, -0.2) is 34.6 Å². The summed E-state index contributed by atoms with van der Waals surface area (Å²) >= 11 is 1.82. The van der Waals surface area contributed by atoms with Gasteiger partial charge in [-0.05, 0) is 19.1 Å². The maximum absolute atomic E-state index is 5.47. The minimum atomic E-state index is 0.409. The molecule has 0 saturated carbocycles. The number of nitrogens with one attached hydrogen (secondary N) is 1. The molecule has 0 saturated heterocycles. The third-order valence-electron chi connectivity index (χ3n) is 2.28. The number of anilines is 1. The van der Waals surface area contributed by atoms with Crippen LogP contribution in [0.4, 0.5) is 5.95 Å². The fourth-order valence-electron chi connectivity index (χ4n) is 1.34. The zero-order chi connectivity index (χ0) is 12.5. The second-order valence-corrected chi connectivity index (χ2v) is 4.68. The summed E-state index contributed by atoms with van der Waals surface area (Å²) in [6.07, 6.45) is 5.87. The predicted molar refractivity (Wildman–Crippen MR) is 73.9 cm³/mol. The Morgan fingerprint density at radius 1 is 1.47 bits per heavy atom. The molecule has 1 rings (SSSR count). The summed E-state index contributed by atoms with van der Waals surface area (Å²) < 4.78 is 5.47. The topological polar surface area (TPSA) is 47.0 Å². The monoisotopic (exact) mass is 255 g/mol. The van der Waals surface area contributed by atoms with Crippen molar-refractivity contribution in [2.75, 3.05) is 23.9 Å². The Morgan fingerprint density at radius 2 is 2.29 bits per heavy atom. The zero-order valence-corrected chi connectivity index (χ0v) is 11.6. The van der Waals surface area contributed by atoms with Crippen LogP contribution in [0, 0.1) is 0 Å². The summed E-state index contributed by atoms with van der Waals surface area (Å²) in [6, 6.07) is 2.20. The normalized spacial score (nSPS) is 12.2. The first-order valence-electron chi connectivity index (χ1n) is 6.01. The van der Waals surface area contributed by atoms with Crippen molar-refractivity contribution in [1.82, 2.24) is 9.97 Å². The molecule has 0 radical (unpaired) electrons. The average Bonchev–Trinajstić information content (AvgIpc) is 2.36. The van der Waals surface area contributed by atoms with Crippen LogP contribution < -0.4 is 10.1 Å². The molecule has 1 atom stereocenters. The molecular formula is C12H21N3OS. The Labute approximate surface area is 108 Å². The van der Waals surface area contributed by atoms with Crippen molar-refractivity contribution >= 4 is 17.7 Å². The fraction of sp³-hybridized carbons (Fsp3) is 0.667. The molecule has 5 heteroatoms. The maximum Gasteiger partial charge on any atom is 0.226 e. The van der Waals surface area contributed by atoms with E-state index in [2.05, 4.69) is 35.4 Å². The molecule has 0 aliphatic carbocycles. The number of ether oxygens (including phenoxy) is 1. The molecule has 96 valence electrons. The molecule has 0 aliphatic rings. The Kier molecular flexibility index (Phi) is 6.77. The van der Waals surface area contributed by atoms with Gasteiger partial charge in [0.25, 0.3) is 0 Å². The third kappa shape index (κ3) is 5.26. The lowest BCUT2D eigenvalue weighted by Gasteiger charge is -2.15. The summed E-state index contributed by atoms with van der Waals surface area (Å²) in [5.74, 6) is 2.35. The minimum absolute atomic E-state index is 0.409. The zero-order valence-electron chi connectivity index (χ0n) is 10.8. The second kappa shape index (κ2) is 8.17. The van der Waals surface area contributed by atoms with Crippen LogP contribution in [-0.2, 0) is 0 Å². The highest BCUT2D eigenvalue weighted by molar-refractivity contribution is 7.98. The maximum atomic E-state index is 5.47. The van der Waals surface area contributed by atoms with E-state index in [1.807, 2.05) is 11.8 Å². The van der Waals surface area contributed by atoms with E-state index in [9.17, 15) is 0 Å². The van der Waals surface area contributed by atoms with Gasteiger partial charge in [-0.15, -0.1) is 0 Å². The van der Waals surface area contributed by atoms with E-state index in [0.29, 0.717) is 24.5 Å². The van der Waals surface area contributed by atoms with Crippen LogP contribution >= 0.6 is 11.8 Å². The lowest BCUT2D eigenvalue weighted by molar-refractivity contribution is 0.305. The predicted octanol–water partition coefficient (Wildman–Crippen LogP) is 2.82. The third-order valence-corrected chi connectivity index (χ3v) is 3.01. The van der Waals surface area contributed by atoms with Crippen LogP contribution in [0.5, 0.6) is 5.88 Å². The van der Waals surface area contributed by atoms with Gasteiger partial charge in [0.05, 0.1) is 6.61 Å². The molecule has 0 fully saturated rings. The average molecular weight is 255 g/mol. The van der Waals surface area contributed by atoms with Crippen molar-refractivity contribution < 1.29 is 4.74 Å². The van der Waals surface area contributed by atoms with Gasteiger partial charge in [-0.25, -0.2) is 4.98 Å². The molecule has 1 N–H and O–H groups in total. The fourth-order valence-corrected chi connectivity index (χ4v) is 2.07. The highest BCUT2D eigenvalue weighted by Crippen LogP contribution is 2.12. The molecule has 0 aliphatic heterocycles. The second-order valence-electron chi connectivity index (χ2n) is 3.77. The quantitative estimate of drug-likeness (QED) is 0.774. The Balaban J connectivity index is 2.57. The first-order valence-corrected chi connectivity index (χ1v) is 7.40. The van der Waals surface area contributed by atoms with E-state index >= 15 is 0 Å². The van der Waals surface area contributed by atoms with Gasteiger partial charge >= 0.3 is 0 Å². The Bertz CT molecular complexity index is 322. The molecule has 1 aromatic rings. The van der Waals surface area contributed by atoms with Crippen LogP contribution in [0.15, 0.2) is 12.3 Å². The van der Waals surface area contributed by atoms with Crippen molar-refractivity contribution in [3.05, 3.63) is 12.3 Å². The smallest absolute Gasteiger partial charge is 0.226 e. The van der Waals surface area contributed by atoms with E-state index in [0.717, 1.165) is 18.6 Å². The van der Waals surface area contributed by atoms with Gasteiger partial charge in [0.2, 0.25) is 11.8 Å². The summed E-state index contributed by atoms with van der Waals surface area (Å²) in [4.78, 5) is 8.53. The SMILES string of the molecule is CCCOc1ccnc(NC(CC)CSC)n1. The largest absolute Gasteiger partial charge is 0.478 e. The van der Waals surface area contributed by atoms with E-state index < -0.39 is 0 Å². The van der Waals surface area contributed by atoms with E-state index in [-0.39, 0.29) is 0 Å². The van der Waals surface area contributed by atoms with Crippen molar-refractivity contribution in [3.63, 3.8) is 0 Å². The number of aromatic nitrogens is 2. The van der Waals surface area contributed by atoms with E-state index in [1.165, 1.54) is 0 Å².